The van der Waals surface area contributed by atoms with E-state index in [0.717, 1.165) is 11.1 Å². The SMILES string of the molecule is CC(C)(C)OC(=O)N1C[C@@H]2OCc3c(O)cccc3[C@@H]2C1. The Morgan fingerprint density at radius 1 is 1.38 bits per heavy atom. The Labute approximate surface area is 124 Å². The Morgan fingerprint density at radius 3 is 2.86 bits per heavy atom. The summed E-state index contributed by atoms with van der Waals surface area (Å²) in [5.74, 6) is 0.370. The molecule has 0 aliphatic carbocycles. The van der Waals surface area contributed by atoms with Gasteiger partial charge in [-0.2, -0.15) is 0 Å². The van der Waals surface area contributed by atoms with Crippen molar-refractivity contribution < 1.29 is 19.4 Å². The van der Waals surface area contributed by atoms with Crippen LogP contribution >= 0.6 is 0 Å². The number of carbonyl (C=O) groups excluding carboxylic acids is 1. The van der Waals surface area contributed by atoms with Gasteiger partial charge in [0.2, 0.25) is 0 Å². The molecule has 0 unspecified atom stereocenters. The molecule has 2 aliphatic rings. The van der Waals surface area contributed by atoms with Gasteiger partial charge in [0.25, 0.3) is 0 Å². The van der Waals surface area contributed by atoms with Crippen molar-refractivity contribution in [2.24, 2.45) is 0 Å². The van der Waals surface area contributed by atoms with Gasteiger partial charge in [-0.05, 0) is 32.4 Å². The van der Waals surface area contributed by atoms with Crippen molar-refractivity contribution in [2.75, 3.05) is 13.1 Å². The Kier molecular flexibility index (Phi) is 3.32. The van der Waals surface area contributed by atoms with E-state index in [9.17, 15) is 9.90 Å². The number of phenolic OH excluding ortho intramolecular Hbond substituents is 1. The summed E-state index contributed by atoms with van der Waals surface area (Å²) in [6, 6.07) is 5.52. The number of aromatic hydroxyl groups is 1. The van der Waals surface area contributed by atoms with E-state index in [2.05, 4.69) is 0 Å². The average Bonchev–Trinajstić information content (AvgIpc) is 2.81. The first kappa shape index (κ1) is 14.2. The van der Waals surface area contributed by atoms with Crippen molar-refractivity contribution in [1.82, 2.24) is 4.90 Å². The molecule has 21 heavy (non-hydrogen) atoms. The Balaban J connectivity index is 1.79. The van der Waals surface area contributed by atoms with Gasteiger partial charge in [0, 0.05) is 18.0 Å². The van der Waals surface area contributed by atoms with E-state index in [1.54, 1.807) is 11.0 Å². The molecule has 2 aliphatic heterocycles. The minimum atomic E-state index is -0.498. The molecule has 0 saturated carbocycles. The highest BCUT2D eigenvalue weighted by Gasteiger charge is 2.42. The number of amides is 1. The van der Waals surface area contributed by atoms with Crippen molar-refractivity contribution in [3.63, 3.8) is 0 Å². The van der Waals surface area contributed by atoms with Crippen LogP contribution in [0.15, 0.2) is 18.2 Å². The number of nitrogens with zero attached hydrogens (tertiary/aromatic N) is 1. The summed E-state index contributed by atoms with van der Waals surface area (Å²) in [5, 5.41) is 9.92. The van der Waals surface area contributed by atoms with Crippen molar-refractivity contribution >= 4 is 6.09 Å². The second kappa shape index (κ2) is 4.91. The molecule has 5 heteroatoms. The highest BCUT2D eigenvalue weighted by Crippen LogP contribution is 2.40. The normalized spacial score (nSPS) is 24.4. The zero-order valence-electron chi connectivity index (χ0n) is 12.6. The Bertz CT molecular complexity index is 564. The molecule has 1 aromatic carbocycles. The summed E-state index contributed by atoms with van der Waals surface area (Å²) in [5.41, 5.74) is 1.42. The second-order valence-electron chi connectivity index (χ2n) is 6.69. The van der Waals surface area contributed by atoms with Gasteiger partial charge >= 0.3 is 6.09 Å². The summed E-state index contributed by atoms with van der Waals surface area (Å²) in [4.78, 5) is 13.9. The van der Waals surface area contributed by atoms with Crippen molar-refractivity contribution in [2.45, 2.75) is 45.0 Å². The molecule has 2 heterocycles. The van der Waals surface area contributed by atoms with Crippen LogP contribution in [0.25, 0.3) is 0 Å². The number of ether oxygens (including phenoxy) is 2. The number of rotatable bonds is 0. The summed E-state index contributed by atoms with van der Waals surface area (Å²) in [6.07, 6.45) is -0.325. The maximum atomic E-state index is 12.2. The smallest absolute Gasteiger partial charge is 0.410 e. The summed E-state index contributed by atoms with van der Waals surface area (Å²) in [7, 11) is 0. The van der Waals surface area contributed by atoms with Crippen LogP contribution in [0.3, 0.4) is 0 Å². The highest BCUT2D eigenvalue weighted by molar-refractivity contribution is 5.69. The number of carbonyl (C=O) groups is 1. The van der Waals surface area contributed by atoms with Crippen LogP contribution in [0, 0.1) is 0 Å². The van der Waals surface area contributed by atoms with Gasteiger partial charge in [0.15, 0.2) is 0 Å². The second-order valence-corrected chi connectivity index (χ2v) is 6.69. The molecule has 0 spiro atoms. The van der Waals surface area contributed by atoms with Crippen LogP contribution < -0.4 is 0 Å². The van der Waals surface area contributed by atoms with Gasteiger partial charge < -0.3 is 19.5 Å². The molecule has 114 valence electrons. The topological polar surface area (TPSA) is 59.0 Å². The summed E-state index contributed by atoms with van der Waals surface area (Å²) in [6.45, 7) is 7.07. The van der Waals surface area contributed by atoms with E-state index in [1.807, 2.05) is 32.9 Å². The molecule has 5 nitrogen and oxygen atoms in total. The average molecular weight is 291 g/mol. The quantitative estimate of drug-likeness (QED) is 0.798. The van der Waals surface area contributed by atoms with Gasteiger partial charge in [0.05, 0.1) is 19.3 Å². The van der Waals surface area contributed by atoms with Crippen LogP contribution in [0.5, 0.6) is 5.75 Å². The standard InChI is InChI=1S/C16H21NO4/c1-16(2,3)21-15(19)17-7-11-10-5-4-6-13(18)12(10)9-20-14(11)8-17/h4-6,11,14,18H,7-9H2,1-3H3/t11-,14-/m0/s1. The maximum absolute atomic E-state index is 12.2. The largest absolute Gasteiger partial charge is 0.508 e. The molecule has 0 aromatic heterocycles. The summed E-state index contributed by atoms with van der Waals surface area (Å²) >= 11 is 0. The lowest BCUT2D eigenvalue weighted by Gasteiger charge is -2.27. The molecule has 0 bridgehead atoms. The fraction of sp³-hybridized carbons (Fsp3) is 0.562. The predicted octanol–water partition coefficient (Wildman–Crippen LogP) is 2.63. The highest BCUT2D eigenvalue weighted by atomic mass is 16.6. The predicted molar refractivity (Wildman–Crippen MR) is 77.2 cm³/mol. The lowest BCUT2D eigenvalue weighted by atomic mass is 9.89. The van der Waals surface area contributed by atoms with E-state index < -0.39 is 5.60 Å². The van der Waals surface area contributed by atoms with Gasteiger partial charge in [-0.1, -0.05) is 12.1 Å². The molecule has 1 N–H and O–H groups in total. The van der Waals surface area contributed by atoms with Gasteiger partial charge in [-0.25, -0.2) is 4.79 Å². The molecule has 1 fully saturated rings. The molecule has 0 radical (unpaired) electrons. The fourth-order valence-corrected chi connectivity index (χ4v) is 3.00. The minimum Gasteiger partial charge on any atom is -0.508 e. The van der Waals surface area contributed by atoms with Crippen LogP contribution in [-0.2, 0) is 16.1 Å². The molecule has 1 aromatic rings. The number of likely N-dealkylation sites (tertiary alicyclic amines) is 1. The number of benzene rings is 1. The third kappa shape index (κ3) is 2.70. The van der Waals surface area contributed by atoms with Crippen LogP contribution in [0.2, 0.25) is 0 Å². The maximum Gasteiger partial charge on any atom is 0.410 e. The third-order valence-electron chi connectivity index (χ3n) is 3.95. The zero-order valence-corrected chi connectivity index (χ0v) is 12.6. The molecular weight excluding hydrogens is 270 g/mol. The Hall–Kier alpha value is -1.75. The van der Waals surface area contributed by atoms with Crippen LogP contribution in [0.1, 0.15) is 37.8 Å². The van der Waals surface area contributed by atoms with Crippen molar-refractivity contribution in [3.8, 4) is 5.75 Å². The molecule has 3 rings (SSSR count). The number of hydrogen-bond acceptors (Lipinski definition) is 4. The lowest BCUT2D eigenvalue weighted by Crippen LogP contribution is -2.36. The van der Waals surface area contributed by atoms with E-state index in [-0.39, 0.29) is 23.9 Å². The summed E-state index contributed by atoms with van der Waals surface area (Å²) < 4.78 is 11.2. The first-order valence-corrected chi connectivity index (χ1v) is 7.25. The van der Waals surface area contributed by atoms with E-state index in [1.165, 1.54) is 0 Å². The monoisotopic (exact) mass is 291 g/mol. The Morgan fingerprint density at radius 2 is 2.14 bits per heavy atom. The van der Waals surface area contributed by atoms with Crippen LogP contribution in [-0.4, -0.2) is 40.9 Å². The molecule has 1 saturated heterocycles. The molecular formula is C16H21NO4. The fourth-order valence-electron chi connectivity index (χ4n) is 3.00. The molecule has 1 amide bonds. The van der Waals surface area contributed by atoms with E-state index >= 15 is 0 Å². The first-order valence-electron chi connectivity index (χ1n) is 7.25. The first-order chi connectivity index (χ1) is 9.85. The van der Waals surface area contributed by atoms with E-state index in [4.69, 9.17) is 9.47 Å². The van der Waals surface area contributed by atoms with Gasteiger partial charge in [-0.15, -0.1) is 0 Å². The minimum absolute atomic E-state index is 0.0215. The van der Waals surface area contributed by atoms with Gasteiger partial charge in [-0.3, -0.25) is 0 Å². The zero-order chi connectivity index (χ0) is 15.2. The molecule has 2 atom stereocenters. The van der Waals surface area contributed by atoms with Gasteiger partial charge in [0.1, 0.15) is 11.4 Å². The lowest BCUT2D eigenvalue weighted by molar-refractivity contribution is 0.0120. The van der Waals surface area contributed by atoms with Crippen LogP contribution in [0.4, 0.5) is 4.79 Å². The van der Waals surface area contributed by atoms with E-state index in [0.29, 0.717) is 19.7 Å². The third-order valence-corrected chi connectivity index (χ3v) is 3.95. The van der Waals surface area contributed by atoms with Crippen molar-refractivity contribution in [3.05, 3.63) is 29.3 Å². The number of fused-ring (bicyclic) bond motifs is 3. The van der Waals surface area contributed by atoms with Crippen molar-refractivity contribution in [1.29, 1.82) is 0 Å². The number of phenols is 1. The number of hydrogen-bond donors (Lipinski definition) is 1.